The van der Waals surface area contributed by atoms with Crippen molar-refractivity contribution < 1.29 is 9.59 Å². The molecule has 0 saturated heterocycles. The monoisotopic (exact) mass is 434 g/mol. The molecule has 0 unspecified atom stereocenters. The second kappa shape index (κ2) is 10.0. The SMILES string of the molecule is CCCc1sc(NC(=O)CCC(=O)c2ccc(C)cc2C)nc1-c1cc(C)ccc1C. The summed E-state index contributed by atoms with van der Waals surface area (Å²) >= 11 is 1.53. The standard InChI is InChI=1S/C26H30N2O2S/c1-6-7-23-25(21-15-17(3)8-10-18(21)4)28-26(31-23)27-24(30)13-12-22(29)20-11-9-16(2)14-19(20)5/h8-11,14-15H,6-7,12-13H2,1-5H3,(H,27,28,30). The van der Waals surface area contributed by atoms with Crippen molar-refractivity contribution in [1.29, 1.82) is 0 Å². The number of Topliss-reactive ketones (excluding diaryl/α,β-unsaturated/α-hetero) is 1. The summed E-state index contributed by atoms with van der Waals surface area (Å²) in [6.45, 7) is 10.2. The van der Waals surface area contributed by atoms with Crippen LogP contribution in [-0.2, 0) is 11.2 Å². The van der Waals surface area contributed by atoms with E-state index in [9.17, 15) is 9.59 Å². The van der Waals surface area contributed by atoms with Crippen LogP contribution >= 0.6 is 11.3 Å². The van der Waals surface area contributed by atoms with E-state index in [1.165, 1.54) is 27.3 Å². The maximum atomic E-state index is 12.5. The molecule has 3 aromatic rings. The molecular weight excluding hydrogens is 404 g/mol. The van der Waals surface area contributed by atoms with E-state index >= 15 is 0 Å². The molecular formula is C26H30N2O2S. The van der Waals surface area contributed by atoms with Gasteiger partial charge in [-0.25, -0.2) is 4.98 Å². The van der Waals surface area contributed by atoms with Crippen molar-refractivity contribution >= 4 is 28.2 Å². The van der Waals surface area contributed by atoms with E-state index < -0.39 is 0 Å². The Labute approximate surface area is 188 Å². The van der Waals surface area contributed by atoms with Gasteiger partial charge in [0.15, 0.2) is 10.9 Å². The highest BCUT2D eigenvalue weighted by Gasteiger charge is 2.17. The summed E-state index contributed by atoms with van der Waals surface area (Å²) in [5.41, 5.74) is 7.19. The van der Waals surface area contributed by atoms with Gasteiger partial charge in [-0.1, -0.05) is 54.8 Å². The molecule has 0 aliphatic heterocycles. The maximum absolute atomic E-state index is 12.5. The molecule has 0 saturated carbocycles. The van der Waals surface area contributed by atoms with Crippen LogP contribution in [0, 0.1) is 27.7 Å². The van der Waals surface area contributed by atoms with Crippen LogP contribution in [-0.4, -0.2) is 16.7 Å². The number of ketones is 1. The molecule has 2 aromatic carbocycles. The van der Waals surface area contributed by atoms with E-state index in [-0.39, 0.29) is 24.5 Å². The summed E-state index contributed by atoms with van der Waals surface area (Å²) in [5, 5.41) is 3.51. The third kappa shape index (κ3) is 5.67. The average Bonchev–Trinajstić information content (AvgIpc) is 3.10. The number of amides is 1. The highest BCUT2D eigenvalue weighted by molar-refractivity contribution is 7.16. The zero-order valence-corrected chi connectivity index (χ0v) is 19.8. The lowest BCUT2D eigenvalue weighted by atomic mass is 9.99. The molecule has 1 amide bonds. The number of hydrogen-bond acceptors (Lipinski definition) is 4. The molecule has 162 valence electrons. The Bertz CT molecular complexity index is 1110. The van der Waals surface area contributed by atoms with E-state index in [0.29, 0.717) is 10.7 Å². The van der Waals surface area contributed by atoms with Crippen molar-refractivity contribution in [1.82, 2.24) is 4.98 Å². The van der Waals surface area contributed by atoms with Crippen molar-refractivity contribution in [2.24, 2.45) is 0 Å². The van der Waals surface area contributed by atoms with Crippen molar-refractivity contribution in [3.63, 3.8) is 0 Å². The van der Waals surface area contributed by atoms with E-state index in [0.717, 1.165) is 35.2 Å². The maximum Gasteiger partial charge on any atom is 0.226 e. The topological polar surface area (TPSA) is 59.1 Å². The number of thiazole rings is 1. The van der Waals surface area contributed by atoms with Gasteiger partial charge in [-0.05, 0) is 51.3 Å². The minimum Gasteiger partial charge on any atom is -0.302 e. The summed E-state index contributed by atoms with van der Waals surface area (Å²) in [6.07, 6.45) is 2.26. The van der Waals surface area contributed by atoms with Gasteiger partial charge in [0.1, 0.15) is 0 Å². The molecule has 3 rings (SSSR count). The van der Waals surface area contributed by atoms with Crippen molar-refractivity contribution in [3.05, 3.63) is 69.1 Å². The first-order valence-electron chi connectivity index (χ1n) is 10.8. The van der Waals surface area contributed by atoms with Crippen molar-refractivity contribution in [3.8, 4) is 11.3 Å². The van der Waals surface area contributed by atoms with Crippen LogP contribution in [0.3, 0.4) is 0 Å². The number of carbonyl (C=O) groups excluding carboxylic acids is 2. The first-order valence-corrected chi connectivity index (χ1v) is 11.6. The third-order valence-corrected chi connectivity index (χ3v) is 6.36. The van der Waals surface area contributed by atoms with Crippen LogP contribution in [0.4, 0.5) is 5.13 Å². The van der Waals surface area contributed by atoms with E-state index in [4.69, 9.17) is 4.98 Å². The highest BCUT2D eigenvalue weighted by Crippen LogP contribution is 2.34. The van der Waals surface area contributed by atoms with Gasteiger partial charge in [0, 0.05) is 28.8 Å². The number of aryl methyl sites for hydroxylation is 5. The Hall–Kier alpha value is -2.79. The summed E-state index contributed by atoms with van der Waals surface area (Å²) in [7, 11) is 0. The second-order valence-corrected chi connectivity index (χ2v) is 9.23. The number of carbonyl (C=O) groups is 2. The van der Waals surface area contributed by atoms with Crippen LogP contribution in [0.5, 0.6) is 0 Å². The Morgan fingerprint density at radius 1 is 0.935 bits per heavy atom. The lowest BCUT2D eigenvalue weighted by Gasteiger charge is -2.07. The summed E-state index contributed by atoms with van der Waals surface area (Å²) in [4.78, 5) is 31.0. The number of hydrogen-bond donors (Lipinski definition) is 1. The molecule has 31 heavy (non-hydrogen) atoms. The summed E-state index contributed by atoms with van der Waals surface area (Å²) in [6, 6.07) is 12.1. The smallest absolute Gasteiger partial charge is 0.226 e. The molecule has 1 heterocycles. The minimum atomic E-state index is -0.178. The molecule has 0 spiro atoms. The van der Waals surface area contributed by atoms with Gasteiger partial charge in [0.05, 0.1) is 5.69 Å². The molecule has 5 heteroatoms. The highest BCUT2D eigenvalue weighted by atomic mass is 32.1. The molecule has 0 radical (unpaired) electrons. The molecule has 0 bridgehead atoms. The number of anilines is 1. The van der Waals surface area contributed by atoms with Gasteiger partial charge in [-0.15, -0.1) is 11.3 Å². The summed E-state index contributed by atoms with van der Waals surface area (Å²) in [5.74, 6) is -0.183. The molecule has 1 N–H and O–H groups in total. The van der Waals surface area contributed by atoms with Gasteiger partial charge in [-0.3, -0.25) is 9.59 Å². The molecule has 0 fully saturated rings. The van der Waals surface area contributed by atoms with Crippen LogP contribution in [0.1, 0.15) is 63.7 Å². The second-order valence-electron chi connectivity index (χ2n) is 8.15. The van der Waals surface area contributed by atoms with Gasteiger partial charge in [0.25, 0.3) is 0 Å². The third-order valence-electron chi connectivity index (χ3n) is 5.33. The zero-order chi connectivity index (χ0) is 22.5. The van der Waals surface area contributed by atoms with Gasteiger partial charge in [-0.2, -0.15) is 0 Å². The number of nitrogens with zero attached hydrogens (tertiary/aromatic N) is 1. The first-order chi connectivity index (χ1) is 14.8. The summed E-state index contributed by atoms with van der Waals surface area (Å²) < 4.78 is 0. The fraction of sp³-hybridized carbons (Fsp3) is 0.346. The van der Waals surface area contributed by atoms with Gasteiger partial charge in [0.2, 0.25) is 5.91 Å². The largest absolute Gasteiger partial charge is 0.302 e. The lowest BCUT2D eigenvalue weighted by Crippen LogP contribution is -2.13. The molecule has 0 atom stereocenters. The predicted octanol–water partition coefficient (Wildman–Crippen LogP) is 6.60. The Kier molecular flexibility index (Phi) is 7.39. The Balaban J connectivity index is 1.71. The number of aromatic nitrogens is 1. The minimum absolute atomic E-state index is 0.00506. The Morgan fingerprint density at radius 2 is 1.65 bits per heavy atom. The normalized spacial score (nSPS) is 10.9. The van der Waals surface area contributed by atoms with Crippen LogP contribution in [0.2, 0.25) is 0 Å². The zero-order valence-electron chi connectivity index (χ0n) is 19.0. The number of benzene rings is 2. The molecule has 0 aliphatic rings. The predicted molar refractivity (Wildman–Crippen MR) is 129 cm³/mol. The Morgan fingerprint density at radius 3 is 2.35 bits per heavy atom. The quantitative estimate of drug-likeness (QED) is 0.406. The van der Waals surface area contributed by atoms with Gasteiger partial charge < -0.3 is 5.32 Å². The van der Waals surface area contributed by atoms with E-state index in [2.05, 4.69) is 44.3 Å². The van der Waals surface area contributed by atoms with E-state index in [1.54, 1.807) is 0 Å². The molecule has 4 nitrogen and oxygen atoms in total. The van der Waals surface area contributed by atoms with E-state index in [1.807, 2.05) is 32.0 Å². The average molecular weight is 435 g/mol. The fourth-order valence-electron chi connectivity index (χ4n) is 3.67. The van der Waals surface area contributed by atoms with Crippen LogP contribution < -0.4 is 5.32 Å². The molecule has 0 aliphatic carbocycles. The van der Waals surface area contributed by atoms with Gasteiger partial charge >= 0.3 is 0 Å². The van der Waals surface area contributed by atoms with Crippen LogP contribution in [0.15, 0.2) is 36.4 Å². The fourth-order valence-corrected chi connectivity index (χ4v) is 4.77. The number of nitrogens with one attached hydrogen (secondary N) is 1. The van der Waals surface area contributed by atoms with Crippen molar-refractivity contribution in [2.75, 3.05) is 5.32 Å². The lowest BCUT2D eigenvalue weighted by molar-refractivity contribution is -0.116. The molecule has 1 aromatic heterocycles. The van der Waals surface area contributed by atoms with Crippen LogP contribution in [0.25, 0.3) is 11.3 Å². The first kappa shape index (κ1) is 22.9. The number of rotatable bonds is 8. The van der Waals surface area contributed by atoms with Crippen molar-refractivity contribution in [2.45, 2.75) is 60.3 Å².